The molecule has 1 aromatic heterocycles. The lowest BCUT2D eigenvalue weighted by Crippen LogP contribution is -2.20. The molecule has 0 aromatic carbocycles. The van der Waals surface area contributed by atoms with Gasteiger partial charge in [-0.2, -0.15) is 0 Å². The van der Waals surface area contributed by atoms with Crippen LogP contribution in [-0.4, -0.2) is 24.1 Å². The maximum atomic E-state index is 11.3. The minimum Gasteiger partial charge on any atom is -0.466 e. The first kappa shape index (κ1) is 15.3. The molecule has 0 amide bonds. The maximum Gasteiger partial charge on any atom is 0.306 e. The molecule has 1 fully saturated rings. The van der Waals surface area contributed by atoms with E-state index in [0.29, 0.717) is 24.9 Å². The Kier molecular flexibility index (Phi) is 5.02. The Hall–Kier alpha value is -1.10. The Morgan fingerprint density at radius 2 is 2.30 bits per heavy atom. The van der Waals surface area contributed by atoms with Crippen LogP contribution in [0.1, 0.15) is 45.7 Å². The summed E-state index contributed by atoms with van der Waals surface area (Å²) in [6, 6.07) is 0. The van der Waals surface area contributed by atoms with Crippen molar-refractivity contribution >= 4 is 22.4 Å². The molecule has 1 heterocycles. The Bertz CT molecular complexity index is 452. The van der Waals surface area contributed by atoms with Crippen LogP contribution in [0.5, 0.6) is 0 Å². The number of thiazole rings is 1. The zero-order chi connectivity index (χ0) is 14.6. The largest absolute Gasteiger partial charge is 0.466 e. The zero-order valence-electron chi connectivity index (χ0n) is 12.6. The molecule has 1 aliphatic carbocycles. The van der Waals surface area contributed by atoms with Gasteiger partial charge in [0.15, 0.2) is 5.13 Å². The molecule has 5 heteroatoms. The van der Waals surface area contributed by atoms with Gasteiger partial charge in [-0.25, -0.2) is 4.98 Å². The molecule has 4 nitrogen and oxygen atoms in total. The summed E-state index contributed by atoms with van der Waals surface area (Å²) >= 11 is 1.62. The van der Waals surface area contributed by atoms with E-state index in [1.165, 1.54) is 12.8 Å². The first-order valence-electron chi connectivity index (χ1n) is 7.39. The molecule has 20 heavy (non-hydrogen) atoms. The highest BCUT2D eigenvalue weighted by molar-refractivity contribution is 7.13. The molecule has 1 saturated carbocycles. The van der Waals surface area contributed by atoms with Crippen LogP contribution in [-0.2, 0) is 16.0 Å². The number of nitrogens with one attached hydrogen (secondary N) is 1. The average Bonchev–Trinajstić information content (AvgIpc) is 3.08. The van der Waals surface area contributed by atoms with Crippen LogP contribution in [0.4, 0.5) is 5.13 Å². The third-order valence-corrected chi connectivity index (χ3v) is 5.00. The number of rotatable bonds is 8. The first-order chi connectivity index (χ1) is 9.55. The Morgan fingerprint density at radius 3 is 2.90 bits per heavy atom. The van der Waals surface area contributed by atoms with Crippen LogP contribution in [0.3, 0.4) is 0 Å². The quantitative estimate of drug-likeness (QED) is 0.746. The summed E-state index contributed by atoms with van der Waals surface area (Å²) < 4.78 is 4.92. The van der Waals surface area contributed by atoms with E-state index < -0.39 is 0 Å². The number of ether oxygens (including phenoxy) is 1. The molecule has 0 radical (unpaired) electrons. The molecule has 1 N–H and O–H groups in total. The van der Waals surface area contributed by atoms with Crippen molar-refractivity contribution in [2.45, 2.75) is 46.5 Å². The smallest absolute Gasteiger partial charge is 0.306 e. The van der Waals surface area contributed by atoms with E-state index in [4.69, 9.17) is 4.74 Å². The number of aryl methyl sites for hydroxylation is 1. The first-order valence-corrected chi connectivity index (χ1v) is 8.27. The molecule has 1 aromatic rings. The number of hydrogen-bond acceptors (Lipinski definition) is 5. The van der Waals surface area contributed by atoms with E-state index in [2.05, 4.69) is 24.1 Å². The molecule has 0 atom stereocenters. The predicted octanol–water partition coefficient (Wildman–Crippen LogP) is 3.49. The molecule has 0 spiro atoms. The number of carbonyl (C=O) groups is 1. The van der Waals surface area contributed by atoms with E-state index in [0.717, 1.165) is 23.3 Å². The fourth-order valence-corrected chi connectivity index (χ4v) is 3.08. The minimum absolute atomic E-state index is 0.147. The second-order valence-corrected chi connectivity index (χ2v) is 6.68. The lowest BCUT2D eigenvalue weighted by Gasteiger charge is -2.19. The fourth-order valence-electron chi connectivity index (χ4n) is 2.34. The second-order valence-electron chi connectivity index (χ2n) is 5.82. The normalized spacial score (nSPS) is 16.2. The highest BCUT2D eigenvalue weighted by Crippen LogP contribution is 2.51. The van der Waals surface area contributed by atoms with Gasteiger partial charge < -0.3 is 10.1 Å². The van der Waals surface area contributed by atoms with Crippen LogP contribution in [0.25, 0.3) is 0 Å². The lowest BCUT2D eigenvalue weighted by atomic mass is 9.92. The van der Waals surface area contributed by atoms with Crippen molar-refractivity contribution in [3.63, 3.8) is 0 Å². The third-order valence-electron chi connectivity index (χ3n) is 4.15. The summed E-state index contributed by atoms with van der Waals surface area (Å²) in [5.74, 6) is 0.574. The van der Waals surface area contributed by atoms with Crippen molar-refractivity contribution in [3.05, 3.63) is 11.1 Å². The van der Waals surface area contributed by atoms with Crippen LogP contribution in [0.15, 0.2) is 5.38 Å². The number of hydrogen-bond donors (Lipinski definition) is 1. The van der Waals surface area contributed by atoms with Crippen molar-refractivity contribution in [3.8, 4) is 0 Å². The molecular formula is C15H24N2O2S. The van der Waals surface area contributed by atoms with E-state index in [1.807, 2.05) is 12.3 Å². The lowest BCUT2D eigenvalue weighted by molar-refractivity contribution is -0.143. The predicted molar refractivity (Wildman–Crippen MR) is 82.1 cm³/mol. The van der Waals surface area contributed by atoms with E-state index >= 15 is 0 Å². The van der Waals surface area contributed by atoms with Crippen molar-refractivity contribution in [1.29, 1.82) is 0 Å². The van der Waals surface area contributed by atoms with Gasteiger partial charge in [0.2, 0.25) is 0 Å². The molecule has 112 valence electrons. The molecule has 0 saturated heterocycles. The average molecular weight is 296 g/mol. The monoisotopic (exact) mass is 296 g/mol. The van der Waals surface area contributed by atoms with Crippen molar-refractivity contribution in [2.75, 3.05) is 18.5 Å². The molecule has 0 aliphatic heterocycles. The highest BCUT2D eigenvalue weighted by atomic mass is 32.1. The fraction of sp³-hybridized carbons (Fsp3) is 0.733. The topological polar surface area (TPSA) is 51.2 Å². The molecule has 0 unspecified atom stereocenters. The van der Waals surface area contributed by atoms with Crippen molar-refractivity contribution < 1.29 is 9.53 Å². The van der Waals surface area contributed by atoms with Gasteiger partial charge in [-0.05, 0) is 31.1 Å². The van der Waals surface area contributed by atoms with Crippen LogP contribution in [0.2, 0.25) is 0 Å². The summed E-state index contributed by atoms with van der Waals surface area (Å²) in [6.45, 7) is 7.86. The number of anilines is 1. The highest BCUT2D eigenvalue weighted by Gasteiger charge is 2.45. The molecule has 0 bridgehead atoms. The Balaban J connectivity index is 1.76. The molecule has 1 aliphatic rings. The summed E-state index contributed by atoms with van der Waals surface area (Å²) in [5, 5.41) is 6.45. The van der Waals surface area contributed by atoms with Crippen LogP contribution in [0, 0.1) is 11.3 Å². The van der Waals surface area contributed by atoms with Crippen molar-refractivity contribution in [2.24, 2.45) is 11.3 Å². The van der Waals surface area contributed by atoms with Crippen molar-refractivity contribution in [1.82, 2.24) is 4.98 Å². The van der Waals surface area contributed by atoms with Gasteiger partial charge in [0.25, 0.3) is 0 Å². The third kappa shape index (κ3) is 3.95. The number of nitrogens with zero attached hydrogens (tertiary/aromatic N) is 1. The van der Waals surface area contributed by atoms with E-state index in [1.54, 1.807) is 11.3 Å². The van der Waals surface area contributed by atoms with Gasteiger partial charge in [0, 0.05) is 18.3 Å². The molecular weight excluding hydrogens is 272 g/mol. The van der Waals surface area contributed by atoms with Gasteiger partial charge in [-0.15, -0.1) is 11.3 Å². The van der Waals surface area contributed by atoms with Gasteiger partial charge in [-0.1, -0.05) is 13.8 Å². The Labute approximate surface area is 124 Å². The summed E-state index contributed by atoms with van der Waals surface area (Å²) in [5.41, 5.74) is 1.46. The number of esters is 1. The van der Waals surface area contributed by atoms with E-state index in [9.17, 15) is 4.79 Å². The summed E-state index contributed by atoms with van der Waals surface area (Å²) in [6.07, 6.45) is 3.71. The number of aromatic nitrogens is 1. The Morgan fingerprint density at radius 1 is 1.55 bits per heavy atom. The van der Waals surface area contributed by atoms with E-state index in [-0.39, 0.29) is 5.97 Å². The van der Waals surface area contributed by atoms with Gasteiger partial charge >= 0.3 is 5.97 Å². The summed E-state index contributed by atoms with van der Waals surface area (Å²) in [7, 11) is 0. The van der Waals surface area contributed by atoms with Crippen LogP contribution < -0.4 is 5.32 Å². The minimum atomic E-state index is -0.147. The van der Waals surface area contributed by atoms with Gasteiger partial charge in [0.1, 0.15) is 0 Å². The maximum absolute atomic E-state index is 11.3. The SMILES string of the molecule is CCOC(=O)CCc1csc(NCC2(C(C)C)CC2)n1. The zero-order valence-corrected chi connectivity index (χ0v) is 13.4. The van der Waals surface area contributed by atoms with Gasteiger partial charge in [-0.3, -0.25) is 4.79 Å². The van der Waals surface area contributed by atoms with Gasteiger partial charge in [0.05, 0.1) is 18.7 Å². The molecule has 2 rings (SSSR count). The second kappa shape index (κ2) is 6.57. The van der Waals surface area contributed by atoms with Crippen LogP contribution >= 0.6 is 11.3 Å². The standard InChI is InChI=1S/C15H24N2O2S/c1-4-19-13(18)6-5-12-9-20-14(17-12)16-10-15(7-8-15)11(2)3/h9,11H,4-8,10H2,1-3H3,(H,16,17). The summed E-state index contributed by atoms with van der Waals surface area (Å²) in [4.78, 5) is 15.8. The number of carbonyl (C=O) groups excluding carboxylic acids is 1.